The second-order valence-electron chi connectivity index (χ2n) is 6.21. The quantitative estimate of drug-likeness (QED) is 0.890. The van der Waals surface area contributed by atoms with E-state index in [-0.39, 0.29) is 11.9 Å². The van der Waals surface area contributed by atoms with Crippen molar-refractivity contribution >= 4 is 17.5 Å². The van der Waals surface area contributed by atoms with Crippen molar-refractivity contribution in [1.29, 1.82) is 0 Å². The van der Waals surface area contributed by atoms with Crippen molar-refractivity contribution in [3.63, 3.8) is 0 Å². The summed E-state index contributed by atoms with van der Waals surface area (Å²) in [5.74, 6) is 1.01. The predicted molar refractivity (Wildman–Crippen MR) is 100 cm³/mol. The van der Waals surface area contributed by atoms with E-state index in [1.807, 2.05) is 53.4 Å². The minimum absolute atomic E-state index is 0.0378. The van der Waals surface area contributed by atoms with Gasteiger partial charge in [0.1, 0.15) is 5.75 Å². The van der Waals surface area contributed by atoms with Gasteiger partial charge in [-0.25, -0.2) is 0 Å². The van der Waals surface area contributed by atoms with Crippen molar-refractivity contribution < 1.29 is 9.53 Å². The first kappa shape index (κ1) is 17.8. The molecule has 2 aromatic rings. The van der Waals surface area contributed by atoms with Crippen LogP contribution in [-0.4, -0.2) is 37.6 Å². The SMILES string of the molecule is COc1ccc(CCC(=O)N2CCNCC2c2cccc(Cl)c2)cc1. The molecule has 132 valence electrons. The number of benzene rings is 2. The third-order valence-corrected chi connectivity index (χ3v) is 4.82. The third kappa shape index (κ3) is 4.53. The first-order valence-corrected chi connectivity index (χ1v) is 8.94. The lowest BCUT2D eigenvalue weighted by atomic mass is 10.0. The average Bonchev–Trinajstić information content (AvgIpc) is 2.66. The van der Waals surface area contributed by atoms with Crippen molar-refractivity contribution in [2.24, 2.45) is 0 Å². The molecule has 0 bridgehead atoms. The second-order valence-corrected chi connectivity index (χ2v) is 6.65. The Morgan fingerprint density at radius 3 is 2.80 bits per heavy atom. The van der Waals surface area contributed by atoms with E-state index in [4.69, 9.17) is 16.3 Å². The largest absolute Gasteiger partial charge is 0.497 e. The molecule has 1 unspecified atom stereocenters. The Hall–Kier alpha value is -2.04. The van der Waals surface area contributed by atoms with Gasteiger partial charge in [-0.2, -0.15) is 0 Å². The zero-order valence-electron chi connectivity index (χ0n) is 14.4. The summed E-state index contributed by atoms with van der Waals surface area (Å²) < 4.78 is 5.17. The molecule has 5 heteroatoms. The normalized spacial score (nSPS) is 17.4. The van der Waals surface area contributed by atoms with Crippen LogP contribution in [0.1, 0.15) is 23.6 Å². The summed E-state index contributed by atoms with van der Waals surface area (Å²) in [5, 5.41) is 4.08. The van der Waals surface area contributed by atoms with Gasteiger partial charge in [-0.05, 0) is 41.8 Å². The second kappa shape index (κ2) is 8.37. The van der Waals surface area contributed by atoms with Crippen LogP contribution in [0.3, 0.4) is 0 Å². The van der Waals surface area contributed by atoms with Crippen LogP contribution in [0, 0.1) is 0 Å². The third-order valence-electron chi connectivity index (χ3n) is 4.58. The van der Waals surface area contributed by atoms with E-state index in [1.54, 1.807) is 7.11 Å². The van der Waals surface area contributed by atoms with Gasteiger partial charge >= 0.3 is 0 Å². The number of methoxy groups -OCH3 is 1. The molecular weight excluding hydrogens is 336 g/mol. The molecule has 2 aromatic carbocycles. The molecule has 1 amide bonds. The molecule has 1 aliphatic rings. The molecule has 1 N–H and O–H groups in total. The summed E-state index contributed by atoms with van der Waals surface area (Å²) >= 11 is 6.12. The molecule has 0 aromatic heterocycles. The van der Waals surface area contributed by atoms with Gasteiger partial charge in [0.05, 0.1) is 13.2 Å². The zero-order chi connectivity index (χ0) is 17.6. The monoisotopic (exact) mass is 358 g/mol. The van der Waals surface area contributed by atoms with E-state index in [0.29, 0.717) is 11.4 Å². The Labute approximate surface area is 153 Å². The van der Waals surface area contributed by atoms with E-state index >= 15 is 0 Å². The number of halogens is 1. The van der Waals surface area contributed by atoms with Gasteiger partial charge < -0.3 is 15.0 Å². The Morgan fingerprint density at radius 2 is 2.08 bits per heavy atom. The summed E-state index contributed by atoms with van der Waals surface area (Å²) in [5.41, 5.74) is 2.22. The van der Waals surface area contributed by atoms with Crippen LogP contribution in [0.5, 0.6) is 5.75 Å². The number of rotatable bonds is 5. The molecule has 0 aliphatic carbocycles. The van der Waals surface area contributed by atoms with Crippen LogP contribution in [0.25, 0.3) is 0 Å². The van der Waals surface area contributed by atoms with E-state index < -0.39 is 0 Å². The maximum Gasteiger partial charge on any atom is 0.223 e. The summed E-state index contributed by atoms with van der Waals surface area (Å²) in [7, 11) is 1.65. The number of amides is 1. The fourth-order valence-corrected chi connectivity index (χ4v) is 3.40. The molecule has 0 spiro atoms. The lowest BCUT2D eigenvalue weighted by Gasteiger charge is -2.36. The molecule has 0 saturated carbocycles. The van der Waals surface area contributed by atoms with Crippen molar-refractivity contribution in [2.45, 2.75) is 18.9 Å². The zero-order valence-corrected chi connectivity index (χ0v) is 15.1. The Bertz CT molecular complexity index is 718. The smallest absolute Gasteiger partial charge is 0.223 e. The average molecular weight is 359 g/mol. The summed E-state index contributed by atoms with van der Waals surface area (Å²) in [6.45, 7) is 2.30. The Kier molecular flexibility index (Phi) is 5.95. The number of carbonyl (C=O) groups excluding carboxylic acids is 1. The van der Waals surface area contributed by atoms with Crippen molar-refractivity contribution in [1.82, 2.24) is 10.2 Å². The first-order chi connectivity index (χ1) is 12.2. The molecule has 1 heterocycles. The van der Waals surface area contributed by atoms with Crippen LogP contribution in [0.15, 0.2) is 48.5 Å². The van der Waals surface area contributed by atoms with Gasteiger partial charge in [0.2, 0.25) is 5.91 Å². The van der Waals surface area contributed by atoms with Crippen LogP contribution < -0.4 is 10.1 Å². The maximum atomic E-state index is 12.8. The molecule has 25 heavy (non-hydrogen) atoms. The number of hydrogen-bond donors (Lipinski definition) is 1. The van der Waals surface area contributed by atoms with Gasteiger partial charge in [0.25, 0.3) is 0 Å². The van der Waals surface area contributed by atoms with Gasteiger partial charge in [0.15, 0.2) is 0 Å². The van der Waals surface area contributed by atoms with Crippen LogP contribution >= 0.6 is 11.6 Å². The van der Waals surface area contributed by atoms with Crippen molar-refractivity contribution in [2.75, 3.05) is 26.7 Å². The van der Waals surface area contributed by atoms with E-state index in [1.165, 1.54) is 0 Å². The highest BCUT2D eigenvalue weighted by atomic mass is 35.5. The molecule has 1 saturated heterocycles. The molecule has 1 fully saturated rings. The van der Waals surface area contributed by atoms with Gasteiger partial charge in [0, 0.05) is 31.1 Å². The molecule has 3 rings (SSSR count). The van der Waals surface area contributed by atoms with Crippen LogP contribution in [0.2, 0.25) is 5.02 Å². The standard InChI is InChI=1S/C20H23ClN2O2/c1-25-18-8-5-15(6-9-18)7-10-20(24)23-12-11-22-14-19(23)16-3-2-4-17(21)13-16/h2-6,8-9,13,19,22H,7,10-12,14H2,1H3. The maximum absolute atomic E-state index is 12.8. The predicted octanol–water partition coefficient (Wildman–Crippen LogP) is 3.45. The highest BCUT2D eigenvalue weighted by Crippen LogP contribution is 2.25. The number of piperazine rings is 1. The molecular formula is C20H23ClN2O2. The number of hydrogen-bond acceptors (Lipinski definition) is 3. The first-order valence-electron chi connectivity index (χ1n) is 8.56. The topological polar surface area (TPSA) is 41.6 Å². The van der Waals surface area contributed by atoms with Crippen LogP contribution in [0.4, 0.5) is 0 Å². The molecule has 4 nitrogen and oxygen atoms in total. The highest BCUT2D eigenvalue weighted by molar-refractivity contribution is 6.30. The minimum atomic E-state index is 0.0378. The molecule has 0 radical (unpaired) electrons. The van der Waals surface area contributed by atoms with Gasteiger partial charge in [-0.3, -0.25) is 4.79 Å². The number of aryl methyl sites for hydroxylation is 1. The number of carbonyl (C=O) groups is 1. The molecule has 1 atom stereocenters. The molecule has 1 aliphatic heterocycles. The van der Waals surface area contributed by atoms with Crippen LogP contribution in [-0.2, 0) is 11.2 Å². The van der Waals surface area contributed by atoms with Gasteiger partial charge in [-0.1, -0.05) is 35.9 Å². The van der Waals surface area contributed by atoms with Gasteiger partial charge in [-0.15, -0.1) is 0 Å². The summed E-state index contributed by atoms with van der Waals surface area (Å²) in [4.78, 5) is 14.8. The van der Waals surface area contributed by atoms with E-state index in [9.17, 15) is 4.79 Å². The van der Waals surface area contributed by atoms with E-state index in [2.05, 4.69) is 5.32 Å². The highest BCUT2D eigenvalue weighted by Gasteiger charge is 2.27. The Morgan fingerprint density at radius 1 is 1.28 bits per heavy atom. The lowest BCUT2D eigenvalue weighted by molar-refractivity contribution is -0.134. The number of nitrogens with one attached hydrogen (secondary N) is 1. The van der Waals surface area contributed by atoms with Crippen molar-refractivity contribution in [3.05, 3.63) is 64.7 Å². The summed E-state index contributed by atoms with van der Waals surface area (Å²) in [6, 6.07) is 15.7. The number of ether oxygens (including phenoxy) is 1. The minimum Gasteiger partial charge on any atom is -0.497 e. The number of nitrogens with zero attached hydrogens (tertiary/aromatic N) is 1. The summed E-state index contributed by atoms with van der Waals surface area (Å²) in [6.07, 6.45) is 1.23. The fourth-order valence-electron chi connectivity index (χ4n) is 3.20. The fraction of sp³-hybridized carbons (Fsp3) is 0.350. The Balaban J connectivity index is 1.66. The lowest BCUT2D eigenvalue weighted by Crippen LogP contribution is -2.48. The van der Waals surface area contributed by atoms with Crippen molar-refractivity contribution in [3.8, 4) is 5.75 Å². The van der Waals surface area contributed by atoms with E-state index in [0.717, 1.165) is 42.9 Å².